The average Bonchev–Trinajstić information content (AvgIpc) is 0.858. The fraction of sp³-hybridized carbons (Fsp3) is 0.646. The van der Waals surface area contributed by atoms with Crippen LogP contribution in [0.4, 0.5) is 13.2 Å². The molecular weight excluding hydrogens is 1200 g/mol. The van der Waals surface area contributed by atoms with E-state index in [0.29, 0.717) is 22.6 Å². The van der Waals surface area contributed by atoms with E-state index in [9.17, 15) is 65.9 Å². The van der Waals surface area contributed by atoms with Gasteiger partial charge < -0.3 is 55.6 Å². The second-order valence-corrected chi connectivity index (χ2v) is 26.6. The van der Waals surface area contributed by atoms with Crippen LogP contribution in [-0.2, 0) is 71.8 Å². The molecule has 0 radical (unpaired) electrons. The molecule has 0 unspecified atom stereocenters. The first-order chi connectivity index (χ1) is 42.1. The average molecular weight is 1300 g/mol. The van der Waals surface area contributed by atoms with Crippen molar-refractivity contribution in [3.05, 3.63) is 70.2 Å². The lowest BCUT2D eigenvalue weighted by Gasteiger charge is -2.39. The van der Waals surface area contributed by atoms with E-state index in [2.05, 4.69) is 21.3 Å². The van der Waals surface area contributed by atoms with Crippen LogP contribution in [0, 0.1) is 23.7 Å². The highest BCUT2D eigenvalue weighted by molar-refractivity contribution is 6.30. The largest absolute Gasteiger partial charge is 0.416 e. The van der Waals surface area contributed by atoms with E-state index in [4.69, 9.17) is 11.6 Å². The van der Waals surface area contributed by atoms with Crippen LogP contribution >= 0.6 is 11.6 Å². The second-order valence-electron chi connectivity index (χ2n) is 26.2. The quantitative estimate of drug-likeness (QED) is 0.203. The normalized spacial score (nSPS) is 23.6. The van der Waals surface area contributed by atoms with Crippen LogP contribution < -0.4 is 21.3 Å². The van der Waals surface area contributed by atoms with Crippen LogP contribution in [0.2, 0.25) is 5.02 Å². The molecule has 0 spiro atoms. The first-order valence-electron chi connectivity index (χ1n) is 31.0. The number of hydrogen-bond donors (Lipinski definition) is 4. The predicted molar refractivity (Wildman–Crippen MR) is 340 cm³/mol. The number of likely N-dealkylation sites (N-methyl/N-ethyl adjacent to an activating group) is 7. The minimum atomic E-state index is -4.63. The molecule has 26 heteroatoms. The third-order valence-electron chi connectivity index (χ3n) is 16.9. The molecule has 1 aliphatic heterocycles. The molecule has 8 atom stereocenters. The highest BCUT2D eigenvalue weighted by Crippen LogP contribution is 2.30. The first-order valence-corrected chi connectivity index (χ1v) is 31.4. The van der Waals surface area contributed by atoms with Crippen molar-refractivity contribution in [2.24, 2.45) is 23.7 Å². The summed E-state index contributed by atoms with van der Waals surface area (Å²) in [5.41, 5.74) is -1.67. The standard InChI is InChI=1S/C65H99ClF3N11O11/c1-19-41(8)56-62(90)76(14)36-54(83)74(12)37-55(84)79(17)51(34-44-22-27-46(66)28-23-44)61(89)75(13)35-52(81)70-47(29-24-43-20-25-45(26-21-43)65(67,68)69)57(85)71-49(31-39(4)5)60(88)80(18)64(10,11)63(91)72-48(30-38(2)3)59(87)77(15)42(9)33-53(82)78(16)50(32-40(6)7)58(86)73-56/h20-23,25-28,38-42,47-51,56H,19,24,29-37H2,1-18H3,(H,70,81)(H,71,85)(H,72,91)(H,73,86)/t41-,42+,47-,48-,49-,50-,51-,56-/m0/s1. The molecule has 4 N–H and O–H groups in total. The molecule has 1 fully saturated rings. The smallest absolute Gasteiger partial charge is 0.343 e. The highest BCUT2D eigenvalue weighted by Gasteiger charge is 2.43. The van der Waals surface area contributed by atoms with Crippen molar-refractivity contribution in [3.63, 3.8) is 0 Å². The summed E-state index contributed by atoms with van der Waals surface area (Å²) >= 11 is 6.20. The van der Waals surface area contributed by atoms with Crippen LogP contribution in [-0.4, -0.2) is 216 Å². The molecule has 2 aromatic rings. The molecule has 22 nitrogen and oxygen atoms in total. The van der Waals surface area contributed by atoms with Crippen LogP contribution in [0.1, 0.15) is 131 Å². The summed E-state index contributed by atoms with van der Waals surface area (Å²) in [4.78, 5) is 167. The summed E-state index contributed by atoms with van der Waals surface area (Å²) in [6, 6.07) is 2.38. The van der Waals surface area contributed by atoms with Gasteiger partial charge in [-0.3, -0.25) is 52.7 Å². The Bertz CT molecular complexity index is 2880. The number of rotatable bonds is 13. The maximum absolute atomic E-state index is 14.8. The Kier molecular flexibility index (Phi) is 29.4. The van der Waals surface area contributed by atoms with Gasteiger partial charge in [-0.25, -0.2) is 0 Å². The summed E-state index contributed by atoms with van der Waals surface area (Å²) in [7, 11) is 9.67. The minimum Gasteiger partial charge on any atom is -0.343 e. The fourth-order valence-corrected chi connectivity index (χ4v) is 10.4. The van der Waals surface area contributed by atoms with Crippen molar-refractivity contribution in [1.82, 2.24) is 55.6 Å². The van der Waals surface area contributed by atoms with Gasteiger partial charge in [-0.05, 0) is 112 Å². The Morgan fingerprint density at radius 1 is 0.549 bits per heavy atom. The van der Waals surface area contributed by atoms with Gasteiger partial charge in [-0.1, -0.05) is 97.7 Å². The Morgan fingerprint density at radius 2 is 1.05 bits per heavy atom. The molecule has 0 aromatic heterocycles. The number of carbonyl (C=O) groups excluding carboxylic acids is 11. The lowest BCUT2D eigenvalue weighted by Crippen LogP contribution is -2.63. The van der Waals surface area contributed by atoms with Gasteiger partial charge in [0.05, 0.1) is 25.2 Å². The molecule has 3 rings (SSSR count). The molecule has 11 amide bonds. The van der Waals surface area contributed by atoms with Gasteiger partial charge in [0.15, 0.2) is 0 Å². The number of halogens is 4. The maximum Gasteiger partial charge on any atom is 0.416 e. The van der Waals surface area contributed by atoms with E-state index < -0.39 is 150 Å². The molecule has 0 saturated carbocycles. The Balaban J connectivity index is 2.23. The topological polar surface area (TPSA) is 259 Å². The lowest BCUT2D eigenvalue weighted by molar-refractivity contribution is -0.149. The Hall–Kier alpha value is -7.31. The number of amides is 11. The lowest BCUT2D eigenvalue weighted by atomic mass is 9.95. The Labute approximate surface area is 540 Å². The number of aryl methyl sites for hydroxylation is 1. The van der Waals surface area contributed by atoms with Gasteiger partial charge in [-0.15, -0.1) is 0 Å². The maximum atomic E-state index is 14.8. The first kappa shape index (κ1) is 77.9. The number of benzene rings is 2. The van der Waals surface area contributed by atoms with Crippen molar-refractivity contribution in [1.29, 1.82) is 0 Å². The number of nitrogens with zero attached hydrogens (tertiary/aromatic N) is 7. The van der Waals surface area contributed by atoms with E-state index in [1.165, 1.54) is 85.1 Å². The zero-order chi connectivity index (χ0) is 69.3. The van der Waals surface area contributed by atoms with Gasteiger partial charge >= 0.3 is 6.18 Å². The van der Waals surface area contributed by atoms with Crippen LogP contribution in [0.5, 0.6) is 0 Å². The van der Waals surface area contributed by atoms with Crippen molar-refractivity contribution in [3.8, 4) is 0 Å². The molecule has 1 saturated heterocycles. The third kappa shape index (κ3) is 22.8. The van der Waals surface area contributed by atoms with E-state index in [1.807, 2.05) is 34.6 Å². The number of alkyl halides is 3. The minimum absolute atomic E-state index is 0.0257. The van der Waals surface area contributed by atoms with Crippen molar-refractivity contribution >= 4 is 76.6 Å². The molecule has 0 aliphatic carbocycles. The van der Waals surface area contributed by atoms with Gasteiger partial charge in [0.25, 0.3) is 0 Å². The van der Waals surface area contributed by atoms with Crippen LogP contribution in [0.3, 0.4) is 0 Å². The predicted octanol–water partition coefficient (Wildman–Crippen LogP) is 5.17. The summed E-state index contributed by atoms with van der Waals surface area (Å²) < 4.78 is 40.7. The monoisotopic (exact) mass is 1300 g/mol. The van der Waals surface area contributed by atoms with Crippen molar-refractivity contribution < 1.29 is 65.9 Å². The highest BCUT2D eigenvalue weighted by atomic mass is 35.5. The summed E-state index contributed by atoms with van der Waals surface area (Å²) in [6.45, 7) is 17.4. The summed E-state index contributed by atoms with van der Waals surface area (Å²) in [5.74, 6) is -8.62. The van der Waals surface area contributed by atoms with Crippen LogP contribution in [0.25, 0.3) is 0 Å². The van der Waals surface area contributed by atoms with E-state index in [0.717, 1.165) is 36.6 Å². The molecule has 1 heterocycles. The van der Waals surface area contributed by atoms with Crippen molar-refractivity contribution in [2.75, 3.05) is 69.0 Å². The van der Waals surface area contributed by atoms with E-state index in [1.54, 1.807) is 52.0 Å². The molecule has 0 bridgehead atoms. The SMILES string of the molecule is CC[C@H](C)[C@@H]1NC(=O)[C@H](CC(C)C)N(C)C(=O)C[C@@H](C)N(C)C(=O)[C@H](CC(C)C)NC(=O)C(C)(C)N(C)C(=O)[C@H](CC(C)C)NC(=O)[C@H](CCc2ccc(C(F)(F)F)cc2)NC(=O)CN(C)C(=O)[C@H](Cc2ccc(Cl)cc2)N(C)C(=O)CN(C)C(=O)CN(C)C1=O. The molecule has 508 valence electrons. The summed E-state index contributed by atoms with van der Waals surface area (Å²) in [6.07, 6.45) is -4.47. The second kappa shape index (κ2) is 34.4. The van der Waals surface area contributed by atoms with Gasteiger partial charge in [0.2, 0.25) is 65.0 Å². The molecule has 91 heavy (non-hydrogen) atoms. The zero-order valence-corrected chi connectivity index (χ0v) is 57.1. The number of hydrogen-bond acceptors (Lipinski definition) is 11. The fourth-order valence-electron chi connectivity index (χ4n) is 10.3. The molecular formula is C65H99ClF3N11O11. The number of nitrogens with one attached hydrogen (secondary N) is 4. The van der Waals surface area contributed by atoms with Gasteiger partial charge in [-0.2, -0.15) is 13.2 Å². The van der Waals surface area contributed by atoms with Crippen molar-refractivity contribution in [2.45, 2.75) is 182 Å². The van der Waals surface area contributed by atoms with E-state index >= 15 is 0 Å². The molecule has 1 aliphatic rings. The van der Waals surface area contributed by atoms with Crippen LogP contribution in [0.15, 0.2) is 48.5 Å². The van der Waals surface area contributed by atoms with Gasteiger partial charge in [0.1, 0.15) is 41.8 Å². The third-order valence-corrected chi connectivity index (χ3v) is 17.2. The zero-order valence-electron chi connectivity index (χ0n) is 56.4. The number of carbonyl (C=O) groups is 11. The Morgan fingerprint density at radius 3 is 1.58 bits per heavy atom. The van der Waals surface area contributed by atoms with Gasteiger partial charge in [0, 0.05) is 73.2 Å². The summed E-state index contributed by atoms with van der Waals surface area (Å²) in [5, 5.41) is 11.5. The van der Waals surface area contributed by atoms with E-state index in [-0.39, 0.29) is 62.7 Å². The molecule has 2 aromatic carbocycles.